The molecule has 0 aliphatic carbocycles. The first-order valence-corrected chi connectivity index (χ1v) is 10.9. The van der Waals surface area contributed by atoms with Gasteiger partial charge >= 0.3 is 6.18 Å². The van der Waals surface area contributed by atoms with E-state index in [4.69, 9.17) is 5.26 Å². The number of alkyl halides is 3. The van der Waals surface area contributed by atoms with E-state index in [1.54, 1.807) is 24.1 Å². The van der Waals surface area contributed by atoms with Crippen LogP contribution in [0, 0.1) is 35.0 Å². The maximum Gasteiger partial charge on any atom is 0.417 e. The number of nitrogens with one attached hydrogen (secondary N) is 1. The lowest BCUT2D eigenvalue weighted by atomic mass is 9.78. The molecule has 2 unspecified atom stereocenters. The van der Waals surface area contributed by atoms with Crippen molar-refractivity contribution in [1.82, 2.24) is 10.2 Å². The average molecular weight is 451 g/mol. The minimum atomic E-state index is -4.59. The van der Waals surface area contributed by atoms with Gasteiger partial charge in [0.25, 0.3) is 0 Å². The number of benzene rings is 1. The van der Waals surface area contributed by atoms with Crippen LogP contribution in [0.3, 0.4) is 0 Å². The Labute approximate surface area is 186 Å². The molecule has 6 nitrogen and oxygen atoms in total. The van der Waals surface area contributed by atoms with Crippen LogP contribution in [0.5, 0.6) is 0 Å². The zero-order valence-electron chi connectivity index (χ0n) is 18.6. The summed E-state index contributed by atoms with van der Waals surface area (Å²) in [6.45, 7) is 5.75. The summed E-state index contributed by atoms with van der Waals surface area (Å²) in [7, 11) is 1.60. The zero-order valence-corrected chi connectivity index (χ0v) is 18.6. The molecule has 1 aromatic rings. The number of rotatable bonds is 4. The normalized spacial score (nSPS) is 22.2. The predicted octanol–water partition coefficient (Wildman–Crippen LogP) is 3.27. The Morgan fingerprint density at radius 3 is 2.38 bits per heavy atom. The van der Waals surface area contributed by atoms with Crippen molar-refractivity contribution in [3.8, 4) is 6.07 Å². The average Bonchev–Trinajstić information content (AvgIpc) is 3.22. The predicted molar refractivity (Wildman–Crippen MR) is 114 cm³/mol. The zero-order chi connectivity index (χ0) is 23.6. The molecular weight excluding hydrogens is 421 g/mol. The molecule has 1 aromatic carbocycles. The molecule has 2 aliphatic heterocycles. The molecule has 0 radical (unpaired) electrons. The number of anilines is 1. The monoisotopic (exact) mass is 450 g/mol. The molecule has 2 aliphatic rings. The van der Waals surface area contributed by atoms with E-state index in [0.29, 0.717) is 31.9 Å². The number of piperidine rings is 1. The topological polar surface area (TPSA) is 76.4 Å². The van der Waals surface area contributed by atoms with Gasteiger partial charge in [0.2, 0.25) is 11.8 Å². The summed E-state index contributed by atoms with van der Waals surface area (Å²) in [5, 5.41) is 11.7. The maximum atomic E-state index is 13.3. The van der Waals surface area contributed by atoms with Crippen LogP contribution >= 0.6 is 0 Å². The molecule has 0 aromatic heterocycles. The van der Waals surface area contributed by atoms with E-state index in [0.717, 1.165) is 18.9 Å². The van der Waals surface area contributed by atoms with Gasteiger partial charge in [-0.25, -0.2) is 0 Å². The van der Waals surface area contributed by atoms with Crippen LogP contribution in [-0.2, 0) is 15.8 Å². The Morgan fingerprint density at radius 2 is 1.84 bits per heavy atom. The van der Waals surface area contributed by atoms with E-state index < -0.39 is 11.7 Å². The number of nitriles is 1. The smallest absolute Gasteiger partial charge is 0.372 e. The van der Waals surface area contributed by atoms with Crippen molar-refractivity contribution in [2.24, 2.45) is 23.7 Å². The fraction of sp³-hybridized carbons (Fsp3) is 0.609. The number of halogens is 3. The van der Waals surface area contributed by atoms with Crippen LogP contribution in [0.2, 0.25) is 0 Å². The highest BCUT2D eigenvalue weighted by atomic mass is 19.4. The highest BCUT2D eigenvalue weighted by molar-refractivity contribution is 5.83. The van der Waals surface area contributed by atoms with Crippen molar-refractivity contribution in [3.63, 3.8) is 0 Å². The third-order valence-electron chi connectivity index (χ3n) is 6.69. The minimum Gasteiger partial charge on any atom is -0.372 e. The molecule has 0 bridgehead atoms. The summed E-state index contributed by atoms with van der Waals surface area (Å²) < 4.78 is 40.0. The largest absolute Gasteiger partial charge is 0.417 e. The van der Waals surface area contributed by atoms with Crippen molar-refractivity contribution >= 4 is 17.5 Å². The third kappa shape index (κ3) is 4.84. The van der Waals surface area contributed by atoms with Gasteiger partial charge in [-0.2, -0.15) is 18.4 Å². The summed E-state index contributed by atoms with van der Waals surface area (Å²) in [5.74, 6) is -0.203. The van der Waals surface area contributed by atoms with Gasteiger partial charge in [0, 0.05) is 44.8 Å². The highest BCUT2D eigenvalue weighted by Gasteiger charge is 2.44. The Balaban J connectivity index is 1.72. The first-order chi connectivity index (χ1) is 15.1. The number of nitrogens with zero attached hydrogens (tertiary/aromatic N) is 3. The molecule has 0 saturated carbocycles. The Hall–Kier alpha value is -2.76. The van der Waals surface area contributed by atoms with Crippen LogP contribution in [0.1, 0.15) is 37.8 Å². The van der Waals surface area contributed by atoms with E-state index >= 15 is 0 Å². The molecule has 0 spiro atoms. The Bertz CT molecular complexity index is 901. The van der Waals surface area contributed by atoms with E-state index in [1.807, 2.05) is 18.7 Å². The first kappa shape index (κ1) is 23.9. The molecule has 174 valence electrons. The molecule has 3 rings (SSSR count). The summed E-state index contributed by atoms with van der Waals surface area (Å²) in [4.78, 5) is 28.7. The lowest BCUT2D eigenvalue weighted by molar-refractivity contribution is -0.138. The van der Waals surface area contributed by atoms with Crippen LogP contribution in [-0.4, -0.2) is 49.9 Å². The van der Waals surface area contributed by atoms with Gasteiger partial charge < -0.3 is 15.1 Å². The first-order valence-electron chi connectivity index (χ1n) is 10.9. The van der Waals surface area contributed by atoms with Crippen LogP contribution in [0.4, 0.5) is 18.9 Å². The number of carbonyl (C=O) groups excluding carboxylic acids is 2. The van der Waals surface area contributed by atoms with Gasteiger partial charge in [-0.05, 0) is 42.9 Å². The maximum absolute atomic E-state index is 13.3. The number of hydrogen-bond acceptors (Lipinski definition) is 4. The van der Waals surface area contributed by atoms with Gasteiger partial charge in [0.15, 0.2) is 0 Å². The molecule has 2 atom stereocenters. The highest BCUT2D eigenvalue weighted by Crippen LogP contribution is 2.39. The molecule has 2 heterocycles. The van der Waals surface area contributed by atoms with E-state index in [-0.39, 0.29) is 41.0 Å². The van der Waals surface area contributed by atoms with E-state index in [1.165, 1.54) is 6.07 Å². The second-order valence-electron chi connectivity index (χ2n) is 8.95. The van der Waals surface area contributed by atoms with Crippen molar-refractivity contribution < 1.29 is 22.8 Å². The summed E-state index contributed by atoms with van der Waals surface area (Å²) in [6.07, 6.45) is -3.14. The quantitative estimate of drug-likeness (QED) is 0.764. The Morgan fingerprint density at radius 1 is 1.19 bits per heavy atom. The lowest BCUT2D eigenvalue weighted by Crippen LogP contribution is -2.41. The molecule has 1 N–H and O–H groups in total. The molecule has 2 fully saturated rings. The fourth-order valence-electron chi connectivity index (χ4n) is 4.96. The number of carbonyl (C=O) groups is 2. The minimum absolute atomic E-state index is 0.0338. The SMILES string of the molecule is CNC(=O)C1CN(C(=O)C(C)C)CC1C1CCN(c2ccc(C#N)c(C(F)(F)F)c2)CC1. The van der Waals surface area contributed by atoms with Crippen molar-refractivity contribution in [2.75, 3.05) is 38.1 Å². The van der Waals surface area contributed by atoms with Crippen LogP contribution < -0.4 is 10.2 Å². The number of likely N-dealkylation sites (tertiary alicyclic amines) is 1. The fourth-order valence-corrected chi connectivity index (χ4v) is 4.96. The summed E-state index contributed by atoms with van der Waals surface area (Å²) in [5.41, 5.74) is -0.857. The Kier molecular flexibility index (Phi) is 7.01. The van der Waals surface area contributed by atoms with Gasteiger partial charge in [-0.15, -0.1) is 0 Å². The standard InChI is InChI=1S/C23H29F3N4O2/c1-14(2)22(32)30-12-18(19(13-30)21(31)28-3)15-6-8-29(9-7-15)17-5-4-16(11-27)20(10-17)23(24,25)26/h4-5,10,14-15,18-19H,6-9,12-13H2,1-3H3,(H,28,31). The van der Waals surface area contributed by atoms with Crippen molar-refractivity contribution in [2.45, 2.75) is 32.9 Å². The van der Waals surface area contributed by atoms with Gasteiger partial charge in [-0.3, -0.25) is 9.59 Å². The second kappa shape index (κ2) is 9.39. The second-order valence-corrected chi connectivity index (χ2v) is 8.95. The third-order valence-corrected chi connectivity index (χ3v) is 6.69. The number of hydrogen-bond donors (Lipinski definition) is 1. The van der Waals surface area contributed by atoms with Crippen LogP contribution in [0.15, 0.2) is 18.2 Å². The van der Waals surface area contributed by atoms with E-state index in [9.17, 15) is 22.8 Å². The number of amides is 2. The van der Waals surface area contributed by atoms with Gasteiger partial charge in [-0.1, -0.05) is 13.8 Å². The van der Waals surface area contributed by atoms with Gasteiger partial charge in [0.05, 0.1) is 23.1 Å². The van der Waals surface area contributed by atoms with Crippen LogP contribution in [0.25, 0.3) is 0 Å². The summed E-state index contributed by atoms with van der Waals surface area (Å²) >= 11 is 0. The molecule has 2 saturated heterocycles. The molecular formula is C23H29F3N4O2. The molecule has 32 heavy (non-hydrogen) atoms. The molecule has 2 amide bonds. The van der Waals surface area contributed by atoms with E-state index in [2.05, 4.69) is 5.32 Å². The lowest BCUT2D eigenvalue weighted by Gasteiger charge is -2.37. The van der Waals surface area contributed by atoms with Gasteiger partial charge in [0.1, 0.15) is 0 Å². The van der Waals surface area contributed by atoms with Crippen molar-refractivity contribution in [1.29, 1.82) is 5.26 Å². The van der Waals surface area contributed by atoms with Crippen molar-refractivity contribution in [3.05, 3.63) is 29.3 Å². The molecule has 9 heteroatoms. The summed E-state index contributed by atoms with van der Waals surface area (Å²) in [6, 6.07) is 5.43.